The fraction of sp³-hybridized carbons (Fsp3) is 0.178. The normalized spacial score (nSPS) is 11.2. The first-order chi connectivity index (χ1) is 27.6. The van der Waals surface area contributed by atoms with Crippen molar-refractivity contribution in [2.45, 2.75) is 46.5 Å². The average molecular weight is 799 g/mol. The van der Waals surface area contributed by atoms with Gasteiger partial charge in [-0.15, -0.1) is 0 Å². The Balaban J connectivity index is 1.15. The van der Waals surface area contributed by atoms with Crippen molar-refractivity contribution >= 4 is 63.7 Å². The number of aromatic hydroxyl groups is 2. The van der Waals surface area contributed by atoms with Crippen LogP contribution < -0.4 is 16.0 Å². The Labute approximate surface area is 339 Å². The van der Waals surface area contributed by atoms with Gasteiger partial charge < -0.3 is 26.2 Å². The van der Waals surface area contributed by atoms with Crippen LogP contribution >= 0.6 is 11.6 Å². The second kappa shape index (κ2) is 18.7. The molecule has 0 radical (unpaired) electrons. The Morgan fingerprint density at radius 3 is 1.71 bits per heavy atom. The number of phenols is 2. The zero-order chi connectivity index (χ0) is 42.1. The Morgan fingerprint density at radius 2 is 1.16 bits per heavy atom. The number of amides is 3. The van der Waals surface area contributed by atoms with Crippen LogP contribution in [0.25, 0.3) is 0 Å². The number of Topliss-reactive ketones (excluding diaryl/α,β-unsaturated/α-hetero) is 3. The molecule has 5 rings (SSSR count). The number of hydrogen-bond acceptors (Lipinski definition) is 9. The van der Waals surface area contributed by atoms with E-state index in [-0.39, 0.29) is 93.7 Å². The summed E-state index contributed by atoms with van der Waals surface area (Å²) < 4.78 is 0. The Kier molecular flexibility index (Phi) is 13.6. The fourth-order valence-corrected chi connectivity index (χ4v) is 6.24. The van der Waals surface area contributed by atoms with Crippen molar-refractivity contribution in [3.8, 4) is 17.6 Å². The summed E-state index contributed by atoms with van der Waals surface area (Å²) in [5.74, 6) is -4.04. The van der Waals surface area contributed by atoms with Crippen molar-refractivity contribution in [2.24, 2.45) is 5.92 Å². The third-order valence-corrected chi connectivity index (χ3v) is 9.78. The molecule has 0 aliphatic rings. The van der Waals surface area contributed by atoms with Crippen molar-refractivity contribution in [3.63, 3.8) is 0 Å². The molecule has 294 valence electrons. The van der Waals surface area contributed by atoms with Crippen molar-refractivity contribution < 1.29 is 39.0 Å². The third-order valence-electron chi connectivity index (χ3n) is 9.53. The zero-order valence-corrected chi connectivity index (χ0v) is 32.6. The first kappa shape index (κ1) is 42.1. The van der Waals surface area contributed by atoms with Crippen LogP contribution in [0, 0.1) is 31.1 Å². The number of nitrogens with one attached hydrogen (secondary N) is 3. The molecule has 0 spiro atoms. The number of nitrogens with zero attached hydrogens (tertiary/aromatic N) is 1. The molecular formula is C45H39ClN4O8. The quantitative estimate of drug-likeness (QED) is 0.0648. The summed E-state index contributed by atoms with van der Waals surface area (Å²) in [5.41, 5.74) is 3.46. The maximum absolute atomic E-state index is 13.2. The van der Waals surface area contributed by atoms with Crippen molar-refractivity contribution in [2.75, 3.05) is 16.0 Å². The number of halogens is 1. The molecule has 5 aromatic rings. The Bertz CT molecular complexity index is 2460. The largest absolute Gasteiger partial charge is 0.507 e. The molecule has 1 atom stereocenters. The smallest absolute Gasteiger partial charge is 0.259 e. The summed E-state index contributed by atoms with van der Waals surface area (Å²) in [7, 11) is 0. The van der Waals surface area contributed by atoms with Crippen LogP contribution in [-0.4, -0.2) is 45.3 Å². The summed E-state index contributed by atoms with van der Waals surface area (Å²) in [6.45, 7) is 4.37. The summed E-state index contributed by atoms with van der Waals surface area (Å²) in [6.07, 6.45) is 0.000120. The molecule has 0 aliphatic carbocycles. The van der Waals surface area contributed by atoms with Crippen LogP contribution in [0.3, 0.4) is 0 Å². The minimum absolute atomic E-state index is 0.000263. The summed E-state index contributed by atoms with van der Waals surface area (Å²) >= 11 is 5.91. The second-order valence-corrected chi connectivity index (χ2v) is 14.1. The minimum Gasteiger partial charge on any atom is -0.507 e. The lowest BCUT2D eigenvalue weighted by atomic mass is 9.94. The topological polar surface area (TPSA) is 203 Å². The molecule has 0 fully saturated rings. The predicted molar refractivity (Wildman–Crippen MR) is 220 cm³/mol. The molecular weight excluding hydrogens is 760 g/mol. The summed E-state index contributed by atoms with van der Waals surface area (Å²) in [4.78, 5) is 76.7. The van der Waals surface area contributed by atoms with E-state index in [0.29, 0.717) is 16.3 Å². The highest BCUT2D eigenvalue weighted by Crippen LogP contribution is 2.33. The van der Waals surface area contributed by atoms with Crippen molar-refractivity contribution in [1.82, 2.24) is 0 Å². The second-order valence-electron chi connectivity index (χ2n) is 13.7. The molecule has 0 aliphatic heterocycles. The van der Waals surface area contributed by atoms with E-state index in [1.54, 1.807) is 48.5 Å². The summed E-state index contributed by atoms with van der Waals surface area (Å²) in [5, 5.41) is 39.2. The van der Waals surface area contributed by atoms with E-state index in [9.17, 15) is 44.2 Å². The number of phenolic OH excluding ortho intramolecular Hbond substituents is 2. The van der Waals surface area contributed by atoms with Gasteiger partial charge in [-0.1, -0.05) is 48.0 Å². The van der Waals surface area contributed by atoms with Crippen molar-refractivity contribution in [3.05, 3.63) is 147 Å². The molecule has 0 heterocycles. The van der Waals surface area contributed by atoms with Crippen LogP contribution in [0.4, 0.5) is 17.1 Å². The zero-order valence-electron chi connectivity index (χ0n) is 31.8. The lowest BCUT2D eigenvalue weighted by Crippen LogP contribution is -2.25. The molecule has 0 aromatic heterocycles. The average Bonchev–Trinajstić information content (AvgIpc) is 3.19. The molecule has 13 heteroatoms. The van der Waals surface area contributed by atoms with E-state index in [1.807, 2.05) is 6.07 Å². The van der Waals surface area contributed by atoms with E-state index in [4.69, 9.17) is 11.6 Å². The number of anilines is 3. The van der Waals surface area contributed by atoms with Gasteiger partial charge in [0.25, 0.3) is 11.8 Å². The molecule has 5 N–H and O–H groups in total. The van der Waals surface area contributed by atoms with Crippen molar-refractivity contribution in [1.29, 1.82) is 5.26 Å². The molecule has 1 unspecified atom stereocenters. The van der Waals surface area contributed by atoms with Gasteiger partial charge in [0.1, 0.15) is 17.3 Å². The van der Waals surface area contributed by atoms with Crippen LogP contribution in [0.2, 0.25) is 5.02 Å². The van der Waals surface area contributed by atoms with Gasteiger partial charge in [0.2, 0.25) is 5.91 Å². The van der Waals surface area contributed by atoms with Gasteiger partial charge >= 0.3 is 0 Å². The highest BCUT2D eigenvalue weighted by Gasteiger charge is 2.24. The molecule has 0 saturated carbocycles. The first-order valence-electron chi connectivity index (χ1n) is 18.1. The van der Waals surface area contributed by atoms with E-state index < -0.39 is 23.6 Å². The number of nitriles is 1. The Morgan fingerprint density at radius 1 is 0.655 bits per heavy atom. The molecule has 3 amide bonds. The summed E-state index contributed by atoms with van der Waals surface area (Å²) in [6, 6.07) is 27.1. The van der Waals surface area contributed by atoms with Gasteiger partial charge in [0.15, 0.2) is 11.6 Å². The number of carbonyl (C=O) groups excluding carboxylic acids is 6. The maximum atomic E-state index is 13.2. The number of benzene rings is 5. The van der Waals surface area contributed by atoms with Crippen LogP contribution in [0.15, 0.2) is 97.1 Å². The highest BCUT2D eigenvalue weighted by molar-refractivity contribution is 6.30. The maximum Gasteiger partial charge on any atom is 0.259 e. The van der Waals surface area contributed by atoms with Gasteiger partial charge in [-0.05, 0) is 92.6 Å². The lowest BCUT2D eigenvalue weighted by molar-refractivity contribution is -0.120. The van der Waals surface area contributed by atoms with E-state index in [2.05, 4.69) is 16.0 Å². The van der Waals surface area contributed by atoms with Crippen LogP contribution in [0.1, 0.15) is 83.5 Å². The predicted octanol–water partition coefficient (Wildman–Crippen LogP) is 8.17. The van der Waals surface area contributed by atoms with Gasteiger partial charge in [-0.3, -0.25) is 28.8 Å². The fourth-order valence-electron chi connectivity index (χ4n) is 6.11. The first-order valence-corrected chi connectivity index (χ1v) is 18.5. The van der Waals surface area contributed by atoms with E-state index >= 15 is 0 Å². The standard InChI is InChI=1S/C45H39ClN4O8/c1-25-39(18-16-36(27(3)51)41(25)54)50-45(58)37-17-19-38(26(2)42(37)55)49-43(56)31-10-14-34(15-11-31)48-44(57)32(20-21-47)24-40(53)30-8-4-28(5-9-30)22-35(52)23-29-6-12-33(46)13-7-29/h4-19,32,54-55H,20,22-24H2,1-3H3,(H,48,57)(H,49,56)(H,50,58). The third kappa shape index (κ3) is 10.4. The van der Waals surface area contributed by atoms with Gasteiger partial charge in [0, 0.05) is 70.0 Å². The molecule has 0 bridgehead atoms. The number of ketones is 3. The van der Waals surface area contributed by atoms with E-state index in [0.717, 1.165) is 11.1 Å². The van der Waals surface area contributed by atoms with Gasteiger partial charge in [-0.25, -0.2) is 0 Å². The highest BCUT2D eigenvalue weighted by atomic mass is 35.5. The lowest BCUT2D eigenvalue weighted by Gasteiger charge is -2.15. The minimum atomic E-state index is -0.953. The Hall–Kier alpha value is -7.10. The van der Waals surface area contributed by atoms with Crippen LogP contribution in [0.5, 0.6) is 11.5 Å². The van der Waals surface area contributed by atoms with Gasteiger partial charge in [0.05, 0.1) is 23.1 Å². The monoisotopic (exact) mass is 798 g/mol. The number of carbonyl (C=O) groups is 6. The molecule has 58 heavy (non-hydrogen) atoms. The van der Waals surface area contributed by atoms with Gasteiger partial charge in [-0.2, -0.15) is 5.26 Å². The molecule has 0 saturated heterocycles. The molecule has 5 aromatic carbocycles. The van der Waals surface area contributed by atoms with E-state index in [1.165, 1.54) is 69.3 Å². The number of hydrogen-bond donors (Lipinski definition) is 5. The SMILES string of the molecule is CC(=O)c1ccc(NC(=O)c2ccc(NC(=O)c3ccc(NC(=O)C(CC#N)CC(=O)c4ccc(CC(=O)Cc5ccc(Cl)cc5)cc4)cc3)c(C)c2O)c(C)c1O. The number of rotatable bonds is 15. The molecule has 12 nitrogen and oxygen atoms in total. The van der Waals surface area contributed by atoms with Crippen LogP contribution in [-0.2, 0) is 22.4 Å².